The number of amides is 1. The van der Waals surface area contributed by atoms with Gasteiger partial charge in [0.2, 0.25) is 0 Å². The molecule has 0 aliphatic carbocycles. The molecule has 0 saturated carbocycles. The Kier molecular flexibility index (Phi) is 4.07. The van der Waals surface area contributed by atoms with Crippen LogP contribution in [0.4, 0.5) is 0 Å². The highest BCUT2D eigenvalue weighted by atomic mass is 16.5. The molecule has 3 rings (SSSR count). The minimum Gasteiger partial charge on any atom is -0.497 e. The van der Waals surface area contributed by atoms with Gasteiger partial charge >= 0.3 is 0 Å². The lowest BCUT2D eigenvalue weighted by molar-refractivity contribution is 0.0565. The highest BCUT2D eigenvalue weighted by molar-refractivity contribution is 5.99. The number of carbonyl (C=O) groups is 1. The number of hydrogen-bond acceptors (Lipinski definition) is 4. The van der Waals surface area contributed by atoms with Crippen LogP contribution in [-0.4, -0.2) is 44.2 Å². The number of rotatable bonds is 4. The van der Waals surface area contributed by atoms with Crippen LogP contribution in [0, 0.1) is 6.92 Å². The van der Waals surface area contributed by atoms with Crippen LogP contribution in [0.15, 0.2) is 22.6 Å². The molecule has 1 aromatic carbocycles. The van der Waals surface area contributed by atoms with Crippen molar-refractivity contribution in [3.05, 3.63) is 29.5 Å². The maximum Gasteiger partial charge on any atom is 0.289 e. The summed E-state index contributed by atoms with van der Waals surface area (Å²) in [6, 6.07) is 5.55. The van der Waals surface area contributed by atoms with Gasteiger partial charge in [-0.3, -0.25) is 4.79 Å². The SMILES string of the molecule is COc1ccc2oc(C(=O)N(C)CC3CCCO3)c(C)c2c1. The van der Waals surface area contributed by atoms with E-state index in [9.17, 15) is 4.79 Å². The highest BCUT2D eigenvalue weighted by Gasteiger charge is 2.25. The number of fused-ring (bicyclic) bond motifs is 1. The van der Waals surface area contributed by atoms with Gasteiger partial charge in [0.25, 0.3) is 5.91 Å². The fraction of sp³-hybridized carbons (Fsp3) is 0.471. The molecule has 2 aromatic rings. The molecule has 1 atom stereocenters. The Morgan fingerprint density at radius 3 is 2.95 bits per heavy atom. The van der Waals surface area contributed by atoms with Gasteiger partial charge in [-0.25, -0.2) is 0 Å². The molecule has 1 unspecified atom stereocenters. The van der Waals surface area contributed by atoms with Gasteiger partial charge in [-0.15, -0.1) is 0 Å². The molecule has 1 aliphatic heterocycles. The van der Waals surface area contributed by atoms with Crippen molar-refractivity contribution in [2.24, 2.45) is 0 Å². The normalized spacial score (nSPS) is 17.9. The summed E-state index contributed by atoms with van der Waals surface area (Å²) in [5, 5.41) is 0.910. The van der Waals surface area contributed by atoms with E-state index in [-0.39, 0.29) is 12.0 Å². The van der Waals surface area contributed by atoms with Crippen molar-refractivity contribution in [2.75, 3.05) is 27.3 Å². The van der Waals surface area contributed by atoms with Crippen LogP contribution in [0.3, 0.4) is 0 Å². The standard InChI is InChI=1S/C17H21NO4/c1-11-14-9-12(20-3)6-7-15(14)22-16(11)17(19)18(2)10-13-5-4-8-21-13/h6-7,9,13H,4-5,8,10H2,1-3H3. The van der Waals surface area contributed by atoms with Crippen LogP contribution >= 0.6 is 0 Å². The molecule has 118 valence electrons. The first-order valence-electron chi connectivity index (χ1n) is 7.54. The van der Waals surface area contributed by atoms with E-state index in [0.29, 0.717) is 17.9 Å². The minimum atomic E-state index is -0.108. The largest absolute Gasteiger partial charge is 0.497 e. The van der Waals surface area contributed by atoms with Crippen LogP contribution in [0.2, 0.25) is 0 Å². The molecule has 5 nitrogen and oxygen atoms in total. The number of ether oxygens (including phenoxy) is 2. The molecule has 0 bridgehead atoms. The minimum absolute atomic E-state index is 0.108. The number of hydrogen-bond donors (Lipinski definition) is 0. The number of benzene rings is 1. The Balaban J connectivity index is 1.85. The number of carbonyl (C=O) groups excluding carboxylic acids is 1. The number of methoxy groups -OCH3 is 1. The summed E-state index contributed by atoms with van der Waals surface area (Å²) < 4.78 is 16.6. The molecule has 0 radical (unpaired) electrons. The number of likely N-dealkylation sites (N-methyl/N-ethyl adjacent to an activating group) is 1. The molecule has 5 heteroatoms. The van der Waals surface area contributed by atoms with Crippen molar-refractivity contribution in [1.29, 1.82) is 0 Å². The quantitative estimate of drug-likeness (QED) is 0.871. The second-order valence-corrected chi connectivity index (χ2v) is 5.74. The first-order valence-corrected chi connectivity index (χ1v) is 7.54. The van der Waals surface area contributed by atoms with E-state index < -0.39 is 0 Å². The average Bonchev–Trinajstić information content (AvgIpc) is 3.14. The maximum absolute atomic E-state index is 12.6. The molecule has 1 fully saturated rings. The second kappa shape index (κ2) is 6.01. The lowest BCUT2D eigenvalue weighted by Gasteiger charge is -2.19. The van der Waals surface area contributed by atoms with Gasteiger partial charge in [-0.2, -0.15) is 0 Å². The van der Waals surface area contributed by atoms with E-state index in [0.717, 1.165) is 36.1 Å². The van der Waals surface area contributed by atoms with Crippen LogP contribution in [0.1, 0.15) is 29.0 Å². The van der Waals surface area contributed by atoms with Gasteiger partial charge in [-0.1, -0.05) is 0 Å². The zero-order valence-corrected chi connectivity index (χ0v) is 13.2. The zero-order chi connectivity index (χ0) is 15.7. The van der Waals surface area contributed by atoms with Gasteiger partial charge in [0, 0.05) is 31.1 Å². The van der Waals surface area contributed by atoms with Crippen LogP contribution in [0.25, 0.3) is 11.0 Å². The van der Waals surface area contributed by atoms with Crippen molar-refractivity contribution in [3.8, 4) is 5.75 Å². The summed E-state index contributed by atoms with van der Waals surface area (Å²) in [7, 11) is 3.41. The van der Waals surface area contributed by atoms with Gasteiger partial charge in [0.15, 0.2) is 5.76 Å². The van der Waals surface area contributed by atoms with Gasteiger partial charge in [0.05, 0.1) is 13.2 Å². The molecule has 1 amide bonds. The van der Waals surface area contributed by atoms with Crippen LogP contribution < -0.4 is 4.74 Å². The number of nitrogens with zero attached hydrogens (tertiary/aromatic N) is 1. The smallest absolute Gasteiger partial charge is 0.289 e. The Morgan fingerprint density at radius 1 is 1.45 bits per heavy atom. The van der Waals surface area contributed by atoms with Gasteiger partial charge in [-0.05, 0) is 38.0 Å². The third kappa shape index (κ3) is 2.68. The Hall–Kier alpha value is -2.01. The summed E-state index contributed by atoms with van der Waals surface area (Å²) in [5.74, 6) is 1.04. The predicted molar refractivity (Wildman–Crippen MR) is 83.4 cm³/mol. The van der Waals surface area contributed by atoms with Gasteiger partial charge < -0.3 is 18.8 Å². The summed E-state index contributed by atoms with van der Waals surface area (Å²) in [4.78, 5) is 14.3. The maximum atomic E-state index is 12.6. The second-order valence-electron chi connectivity index (χ2n) is 5.74. The molecule has 1 aromatic heterocycles. The summed E-state index contributed by atoms with van der Waals surface area (Å²) in [6.07, 6.45) is 2.21. The zero-order valence-electron chi connectivity index (χ0n) is 13.2. The van der Waals surface area contributed by atoms with Crippen molar-refractivity contribution in [1.82, 2.24) is 4.90 Å². The van der Waals surface area contributed by atoms with E-state index in [2.05, 4.69) is 0 Å². The first kappa shape index (κ1) is 14.9. The lowest BCUT2D eigenvalue weighted by Crippen LogP contribution is -2.34. The fourth-order valence-electron chi connectivity index (χ4n) is 2.88. The molecule has 1 aliphatic rings. The lowest BCUT2D eigenvalue weighted by atomic mass is 10.1. The topological polar surface area (TPSA) is 51.9 Å². The average molecular weight is 303 g/mol. The first-order chi connectivity index (χ1) is 10.6. The molecule has 0 spiro atoms. The van der Waals surface area contributed by atoms with E-state index in [4.69, 9.17) is 13.9 Å². The van der Waals surface area contributed by atoms with E-state index in [1.165, 1.54) is 0 Å². The number of aryl methyl sites for hydroxylation is 1. The molecular formula is C17H21NO4. The van der Waals surface area contributed by atoms with Crippen molar-refractivity contribution >= 4 is 16.9 Å². The molecule has 2 heterocycles. The third-order valence-electron chi connectivity index (χ3n) is 4.19. The summed E-state index contributed by atoms with van der Waals surface area (Å²) in [6.45, 7) is 3.28. The van der Waals surface area contributed by atoms with Crippen molar-refractivity contribution in [3.63, 3.8) is 0 Å². The van der Waals surface area contributed by atoms with Gasteiger partial charge in [0.1, 0.15) is 11.3 Å². The predicted octanol–water partition coefficient (Wildman–Crippen LogP) is 3.00. The van der Waals surface area contributed by atoms with E-state index >= 15 is 0 Å². The van der Waals surface area contributed by atoms with E-state index in [1.807, 2.05) is 25.1 Å². The Morgan fingerprint density at radius 2 is 2.27 bits per heavy atom. The summed E-state index contributed by atoms with van der Waals surface area (Å²) in [5.41, 5.74) is 1.55. The molecular weight excluding hydrogens is 282 g/mol. The highest BCUT2D eigenvalue weighted by Crippen LogP contribution is 2.29. The molecule has 0 N–H and O–H groups in total. The molecule has 22 heavy (non-hydrogen) atoms. The third-order valence-corrected chi connectivity index (χ3v) is 4.19. The Labute approximate surface area is 129 Å². The van der Waals surface area contributed by atoms with Crippen LogP contribution in [-0.2, 0) is 4.74 Å². The van der Waals surface area contributed by atoms with Crippen molar-refractivity contribution < 1.29 is 18.7 Å². The summed E-state index contributed by atoms with van der Waals surface area (Å²) >= 11 is 0. The van der Waals surface area contributed by atoms with Crippen molar-refractivity contribution in [2.45, 2.75) is 25.9 Å². The molecule has 1 saturated heterocycles. The van der Waals surface area contributed by atoms with E-state index in [1.54, 1.807) is 19.1 Å². The van der Waals surface area contributed by atoms with Crippen LogP contribution in [0.5, 0.6) is 5.75 Å². The Bertz CT molecular complexity index is 685. The monoisotopic (exact) mass is 303 g/mol. The fourth-order valence-corrected chi connectivity index (χ4v) is 2.88. The number of furan rings is 1.